The Kier molecular flexibility index (Phi) is 7.02. The van der Waals surface area contributed by atoms with Crippen molar-refractivity contribution < 1.29 is 5.11 Å². The molecule has 88 valence electrons. The van der Waals surface area contributed by atoms with E-state index >= 15 is 0 Å². The summed E-state index contributed by atoms with van der Waals surface area (Å²) in [5.74, 6) is 0.327. The standard InChI is InChI=1S/C11H10O.2C2H6/c1-8-2-3-9-4-5-11(12)7-10(9)6-8;2*1-2/h2-7,12H,1H3;2*1-2H3. The fraction of sp³-hybridized carbons (Fsp3) is 0.333. The average molecular weight is 218 g/mol. The van der Waals surface area contributed by atoms with E-state index in [0.717, 1.165) is 5.39 Å². The number of hydrogen-bond donors (Lipinski definition) is 1. The zero-order valence-electron chi connectivity index (χ0n) is 10.9. The summed E-state index contributed by atoms with van der Waals surface area (Å²) >= 11 is 0. The number of fused-ring (bicyclic) bond motifs is 1. The topological polar surface area (TPSA) is 20.2 Å². The van der Waals surface area contributed by atoms with Gasteiger partial charge in [0.25, 0.3) is 0 Å². The summed E-state index contributed by atoms with van der Waals surface area (Å²) in [6.07, 6.45) is 0. The lowest BCUT2D eigenvalue weighted by Crippen LogP contribution is -1.74. The summed E-state index contributed by atoms with van der Waals surface area (Å²) in [4.78, 5) is 0. The van der Waals surface area contributed by atoms with Crippen molar-refractivity contribution in [1.29, 1.82) is 0 Å². The minimum atomic E-state index is 0.327. The zero-order valence-corrected chi connectivity index (χ0v) is 10.9. The predicted molar refractivity (Wildman–Crippen MR) is 73.0 cm³/mol. The normalized spacial score (nSPS) is 8.56. The molecule has 16 heavy (non-hydrogen) atoms. The molecule has 2 rings (SSSR count). The summed E-state index contributed by atoms with van der Waals surface area (Å²) < 4.78 is 0. The zero-order chi connectivity index (χ0) is 12.6. The molecule has 1 N–H and O–H groups in total. The van der Waals surface area contributed by atoms with Gasteiger partial charge in [0.2, 0.25) is 0 Å². The highest BCUT2D eigenvalue weighted by molar-refractivity contribution is 5.84. The first-order chi connectivity index (χ1) is 7.75. The maximum absolute atomic E-state index is 9.22. The largest absolute Gasteiger partial charge is 0.508 e. The minimum Gasteiger partial charge on any atom is -0.508 e. The second-order valence-corrected chi connectivity index (χ2v) is 3.03. The quantitative estimate of drug-likeness (QED) is 0.666. The highest BCUT2D eigenvalue weighted by atomic mass is 16.3. The Labute approximate surface area is 98.7 Å². The molecule has 0 saturated carbocycles. The summed E-state index contributed by atoms with van der Waals surface area (Å²) in [5.41, 5.74) is 1.22. The summed E-state index contributed by atoms with van der Waals surface area (Å²) in [6.45, 7) is 10.0. The first-order valence-corrected chi connectivity index (χ1v) is 5.95. The SMILES string of the molecule is CC.CC.Cc1ccc2ccc(O)cc2c1. The first-order valence-electron chi connectivity index (χ1n) is 5.95. The third-order valence-electron chi connectivity index (χ3n) is 1.98. The Morgan fingerprint density at radius 1 is 0.750 bits per heavy atom. The Hall–Kier alpha value is -1.50. The van der Waals surface area contributed by atoms with Gasteiger partial charge in [-0.1, -0.05) is 57.5 Å². The summed E-state index contributed by atoms with van der Waals surface area (Å²) in [7, 11) is 0. The van der Waals surface area contributed by atoms with Crippen molar-refractivity contribution in [2.75, 3.05) is 0 Å². The van der Waals surface area contributed by atoms with Gasteiger partial charge >= 0.3 is 0 Å². The molecule has 0 aromatic heterocycles. The molecule has 1 heteroatoms. The molecule has 2 aromatic carbocycles. The van der Waals surface area contributed by atoms with Crippen molar-refractivity contribution in [3.8, 4) is 5.75 Å². The van der Waals surface area contributed by atoms with Crippen LogP contribution in [0.15, 0.2) is 36.4 Å². The van der Waals surface area contributed by atoms with Crippen LogP contribution in [0.5, 0.6) is 5.75 Å². The number of benzene rings is 2. The molecule has 0 spiro atoms. The van der Waals surface area contributed by atoms with Crippen LogP contribution in [0.2, 0.25) is 0 Å². The van der Waals surface area contributed by atoms with E-state index in [1.54, 1.807) is 12.1 Å². The van der Waals surface area contributed by atoms with Crippen LogP contribution in [0.1, 0.15) is 33.3 Å². The van der Waals surface area contributed by atoms with Gasteiger partial charge in [0.1, 0.15) is 5.75 Å². The predicted octanol–water partition coefficient (Wildman–Crippen LogP) is 4.91. The van der Waals surface area contributed by atoms with Gasteiger partial charge in [-0.15, -0.1) is 0 Å². The smallest absolute Gasteiger partial charge is 0.116 e. The van der Waals surface area contributed by atoms with Crippen LogP contribution >= 0.6 is 0 Å². The fourth-order valence-corrected chi connectivity index (χ4v) is 1.35. The number of aromatic hydroxyl groups is 1. The second kappa shape index (κ2) is 7.75. The lowest BCUT2D eigenvalue weighted by molar-refractivity contribution is 0.476. The van der Waals surface area contributed by atoms with Gasteiger partial charge in [0.05, 0.1) is 0 Å². The number of rotatable bonds is 0. The molecular formula is C15H22O. The molecule has 1 nitrogen and oxygen atoms in total. The molecule has 0 fully saturated rings. The second-order valence-electron chi connectivity index (χ2n) is 3.03. The number of phenolic OH excluding ortho intramolecular Hbond substituents is 1. The van der Waals surface area contributed by atoms with Crippen molar-refractivity contribution in [1.82, 2.24) is 0 Å². The van der Waals surface area contributed by atoms with Crippen molar-refractivity contribution in [3.05, 3.63) is 42.0 Å². The molecule has 0 bridgehead atoms. The van der Waals surface area contributed by atoms with E-state index in [4.69, 9.17) is 0 Å². The monoisotopic (exact) mass is 218 g/mol. The molecule has 0 radical (unpaired) electrons. The summed E-state index contributed by atoms with van der Waals surface area (Å²) in [5, 5.41) is 11.5. The van der Waals surface area contributed by atoms with Crippen molar-refractivity contribution in [2.24, 2.45) is 0 Å². The Morgan fingerprint density at radius 3 is 1.94 bits per heavy atom. The van der Waals surface area contributed by atoms with Crippen LogP contribution < -0.4 is 0 Å². The molecule has 0 heterocycles. The van der Waals surface area contributed by atoms with Crippen molar-refractivity contribution in [3.63, 3.8) is 0 Å². The fourth-order valence-electron chi connectivity index (χ4n) is 1.35. The number of aryl methyl sites for hydroxylation is 1. The molecule has 0 unspecified atom stereocenters. The highest BCUT2D eigenvalue weighted by Crippen LogP contribution is 2.20. The average Bonchev–Trinajstić information content (AvgIpc) is 2.33. The first kappa shape index (κ1) is 14.5. The van der Waals surface area contributed by atoms with Crippen LogP contribution in [0, 0.1) is 6.92 Å². The van der Waals surface area contributed by atoms with Crippen LogP contribution in [0.25, 0.3) is 10.8 Å². The van der Waals surface area contributed by atoms with Gasteiger partial charge in [-0.2, -0.15) is 0 Å². The molecule has 0 amide bonds. The third kappa shape index (κ3) is 3.93. The van der Waals surface area contributed by atoms with Crippen molar-refractivity contribution in [2.45, 2.75) is 34.6 Å². The van der Waals surface area contributed by atoms with E-state index in [0.29, 0.717) is 5.75 Å². The van der Waals surface area contributed by atoms with E-state index in [9.17, 15) is 5.11 Å². The van der Waals surface area contributed by atoms with Gasteiger partial charge < -0.3 is 5.11 Å². The third-order valence-corrected chi connectivity index (χ3v) is 1.98. The maximum atomic E-state index is 9.22. The molecule has 0 aliphatic heterocycles. The van der Waals surface area contributed by atoms with E-state index in [1.807, 2.05) is 40.7 Å². The molecule has 0 atom stereocenters. The van der Waals surface area contributed by atoms with Gasteiger partial charge in [-0.25, -0.2) is 0 Å². The maximum Gasteiger partial charge on any atom is 0.116 e. The van der Waals surface area contributed by atoms with E-state index in [1.165, 1.54) is 10.9 Å². The molecule has 0 aliphatic carbocycles. The number of phenols is 1. The highest BCUT2D eigenvalue weighted by Gasteiger charge is 1.94. The lowest BCUT2D eigenvalue weighted by atomic mass is 10.1. The summed E-state index contributed by atoms with van der Waals surface area (Å²) in [6, 6.07) is 11.6. The molecule has 0 saturated heterocycles. The van der Waals surface area contributed by atoms with E-state index in [-0.39, 0.29) is 0 Å². The Balaban J connectivity index is 0.000000509. The van der Waals surface area contributed by atoms with E-state index < -0.39 is 0 Å². The molecular weight excluding hydrogens is 196 g/mol. The molecule has 0 aliphatic rings. The van der Waals surface area contributed by atoms with Crippen LogP contribution in [-0.2, 0) is 0 Å². The van der Waals surface area contributed by atoms with Crippen LogP contribution in [-0.4, -0.2) is 5.11 Å². The Bertz CT molecular complexity index is 382. The van der Waals surface area contributed by atoms with Crippen LogP contribution in [0.3, 0.4) is 0 Å². The van der Waals surface area contributed by atoms with Gasteiger partial charge in [0, 0.05) is 0 Å². The Morgan fingerprint density at radius 2 is 1.31 bits per heavy atom. The lowest BCUT2D eigenvalue weighted by Gasteiger charge is -1.99. The van der Waals surface area contributed by atoms with Crippen LogP contribution in [0.4, 0.5) is 0 Å². The molecule has 2 aromatic rings. The van der Waals surface area contributed by atoms with Gasteiger partial charge in [-0.05, 0) is 29.8 Å². The van der Waals surface area contributed by atoms with Crippen molar-refractivity contribution >= 4 is 10.8 Å². The number of hydrogen-bond acceptors (Lipinski definition) is 1. The van der Waals surface area contributed by atoms with Gasteiger partial charge in [0.15, 0.2) is 0 Å². The van der Waals surface area contributed by atoms with Gasteiger partial charge in [-0.3, -0.25) is 0 Å². The van der Waals surface area contributed by atoms with E-state index in [2.05, 4.69) is 18.2 Å². The minimum absolute atomic E-state index is 0.327.